The highest BCUT2D eigenvalue weighted by atomic mass is 16.5. The minimum atomic E-state index is -0.480. The Bertz CT molecular complexity index is 495. The summed E-state index contributed by atoms with van der Waals surface area (Å²) in [5.74, 6) is 2.28. The molecule has 4 heteroatoms. The quantitative estimate of drug-likeness (QED) is 0.919. The summed E-state index contributed by atoms with van der Waals surface area (Å²) in [6.07, 6.45) is 0.737. The average Bonchev–Trinajstić information content (AvgIpc) is 2.25. The predicted octanol–water partition coefficient (Wildman–Crippen LogP) is 3.22. The van der Waals surface area contributed by atoms with E-state index in [1.165, 1.54) is 0 Å². The van der Waals surface area contributed by atoms with Crippen LogP contribution in [0.2, 0.25) is 0 Å². The molecule has 0 fully saturated rings. The lowest BCUT2D eigenvalue weighted by atomic mass is 9.79. The third kappa shape index (κ3) is 2.85. The van der Waals surface area contributed by atoms with Gasteiger partial charge in [-0.3, -0.25) is 0 Å². The molecule has 0 bridgehead atoms. The van der Waals surface area contributed by atoms with Gasteiger partial charge in [0.05, 0.1) is 18.8 Å². The Labute approximate surface area is 121 Å². The number of rotatable bonds is 4. The van der Waals surface area contributed by atoms with Crippen LogP contribution in [0.5, 0.6) is 17.2 Å². The topological polar surface area (TPSA) is 53.7 Å². The molecule has 1 heterocycles. The minimum Gasteiger partial charge on any atom is -0.494 e. The number of benzene rings is 1. The van der Waals surface area contributed by atoms with Gasteiger partial charge in [0.2, 0.25) is 0 Å². The molecule has 20 heavy (non-hydrogen) atoms. The molecule has 112 valence electrons. The first-order valence-electron chi connectivity index (χ1n) is 7.21. The second-order valence-corrected chi connectivity index (χ2v) is 6.12. The lowest BCUT2D eigenvalue weighted by Gasteiger charge is -2.42. The van der Waals surface area contributed by atoms with Crippen molar-refractivity contribution in [3.63, 3.8) is 0 Å². The molecule has 1 atom stereocenters. The van der Waals surface area contributed by atoms with Crippen molar-refractivity contribution in [1.82, 2.24) is 0 Å². The van der Waals surface area contributed by atoms with Crippen molar-refractivity contribution in [3.05, 3.63) is 17.7 Å². The van der Waals surface area contributed by atoms with E-state index in [2.05, 4.69) is 13.8 Å². The second-order valence-electron chi connectivity index (χ2n) is 6.12. The average molecular weight is 279 g/mol. The summed E-state index contributed by atoms with van der Waals surface area (Å²) in [5.41, 5.74) is 6.67. The summed E-state index contributed by atoms with van der Waals surface area (Å²) >= 11 is 0. The van der Waals surface area contributed by atoms with Crippen LogP contribution in [0, 0.1) is 0 Å². The van der Waals surface area contributed by atoms with Gasteiger partial charge in [0.1, 0.15) is 22.8 Å². The van der Waals surface area contributed by atoms with Crippen LogP contribution >= 0.6 is 0 Å². The van der Waals surface area contributed by atoms with E-state index >= 15 is 0 Å². The van der Waals surface area contributed by atoms with Crippen molar-refractivity contribution in [2.24, 2.45) is 5.73 Å². The van der Waals surface area contributed by atoms with Gasteiger partial charge in [-0.1, -0.05) is 0 Å². The van der Waals surface area contributed by atoms with E-state index in [-0.39, 0.29) is 5.60 Å². The molecule has 0 aromatic heterocycles. The van der Waals surface area contributed by atoms with Crippen molar-refractivity contribution < 1.29 is 14.2 Å². The van der Waals surface area contributed by atoms with Gasteiger partial charge in [-0.25, -0.2) is 0 Å². The third-order valence-corrected chi connectivity index (χ3v) is 3.40. The van der Waals surface area contributed by atoms with E-state index in [1.54, 1.807) is 0 Å². The maximum atomic E-state index is 6.52. The fraction of sp³-hybridized carbons (Fsp3) is 0.625. The summed E-state index contributed by atoms with van der Waals surface area (Å²) in [6, 6.07) is 3.81. The fourth-order valence-corrected chi connectivity index (χ4v) is 3.04. The highest BCUT2D eigenvalue weighted by Crippen LogP contribution is 2.48. The summed E-state index contributed by atoms with van der Waals surface area (Å²) in [6.45, 7) is 11.2. The molecule has 0 aliphatic carbocycles. The zero-order valence-electron chi connectivity index (χ0n) is 13.1. The smallest absolute Gasteiger partial charge is 0.132 e. The van der Waals surface area contributed by atoms with E-state index in [9.17, 15) is 0 Å². The molecule has 1 aromatic rings. The lowest BCUT2D eigenvalue weighted by Crippen LogP contribution is -2.48. The molecule has 2 rings (SSSR count). The first kappa shape index (κ1) is 15.0. The fourth-order valence-electron chi connectivity index (χ4n) is 3.04. The minimum absolute atomic E-state index is 0.301. The van der Waals surface area contributed by atoms with E-state index < -0.39 is 5.54 Å². The number of hydrogen-bond acceptors (Lipinski definition) is 4. The van der Waals surface area contributed by atoms with Crippen molar-refractivity contribution >= 4 is 0 Å². The molecule has 1 aliphatic heterocycles. The van der Waals surface area contributed by atoms with Crippen LogP contribution in [0.4, 0.5) is 0 Å². The van der Waals surface area contributed by atoms with Crippen LogP contribution in [0.25, 0.3) is 0 Å². The zero-order valence-corrected chi connectivity index (χ0v) is 13.1. The van der Waals surface area contributed by atoms with Crippen LogP contribution in [-0.4, -0.2) is 18.8 Å². The maximum absolute atomic E-state index is 6.52. The van der Waals surface area contributed by atoms with Gasteiger partial charge < -0.3 is 19.9 Å². The molecule has 1 aromatic carbocycles. The Morgan fingerprint density at radius 2 is 1.80 bits per heavy atom. The zero-order chi connectivity index (χ0) is 15.0. The number of nitrogens with two attached hydrogens (primary N) is 1. The van der Waals surface area contributed by atoms with Crippen molar-refractivity contribution in [2.45, 2.75) is 52.2 Å². The van der Waals surface area contributed by atoms with E-state index in [0.29, 0.717) is 13.2 Å². The highest BCUT2D eigenvalue weighted by Gasteiger charge is 2.42. The number of hydrogen-bond donors (Lipinski definition) is 1. The van der Waals surface area contributed by atoms with Gasteiger partial charge in [-0.15, -0.1) is 0 Å². The summed E-state index contributed by atoms with van der Waals surface area (Å²) in [7, 11) is 0. The van der Waals surface area contributed by atoms with E-state index in [4.69, 9.17) is 19.9 Å². The van der Waals surface area contributed by atoms with Crippen molar-refractivity contribution in [3.8, 4) is 17.2 Å². The summed E-state index contributed by atoms with van der Waals surface area (Å²) in [4.78, 5) is 0. The monoisotopic (exact) mass is 279 g/mol. The van der Waals surface area contributed by atoms with Crippen molar-refractivity contribution in [2.75, 3.05) is 13.2 Å². The highest BCUT2D eigenvalue weighted by molar-refractivity contribution is 5.55. The van der Waals surface area contributed by atoms with Gasteiger partial charge in [-0.05, 0) is 34.6 Å². The standard InChI is InChI=1S/C16H25NO3/c1-6-18-11-8-12(19-7-2)14-13(9-11)20-15(3,4)10-16(14,5)17/h8-9H,6-7,10,17H2,1-5H3. The molecule has 0 saturated heterocycles. The SMILES string of the molecule is CCOc1cc(OCC)c2c(c1)OC(C)(C)CC2(C)N. The van der Waals surface area contributed by atoms with Crippen LogP contribution in [-0.2, 0) is 5.54 Å². The summed E-state index contributed by atoms with van der Waals surface area (Å²) < 4.78 is 17.4. The second kappa shape index (κ2) is 5.17. The normalized spacial score (nSPS) is 23.7. The number of ether oxygens (including phenoxy) is 3. The van der Waals surface area contributed by atoms with Gasteiger partial charge in [0.15, 0.2) is 0 Å². The maximum Gasteiger partial charge on any atom is 0.132 e. The van der Waals surface area contributed by atoms with Crippen LogP contribution in [0.3, 0.4) is 0 Å². The molecule has 2 N–H and O–H groups in total. The third-order valence-electron chi connectivity index (χ3n) is 3.40. The van der Waals surface area contributed by atoms with Crippen LogP contribution in [0.15, 0.2) is 12.1 Å². The van der Waals surface area contributed by atoms with E-state index in [0.717, 1.165) is 29.2 Å². The molecule has 0 saturated carbocycles. The van der Waals surface area contributed by atoms with Crippen LogP contribution < -0.4 is 19.9 Å². The molecule has 0 amide bonds. The molecular formula is C16H25NO3. The lowest BCUT2D eigenvalue weighted by molar-refractivity contribution is 0.0481. The Balaban J connectivity index is 2.57. The van der Waals surface area contributed by atoms with E-state index in [1.807, 2.05) is 32.9 Å². The molecule has 4 nitrogen and oxygen atoms in total. The Morgan fingerprint density at radius 1 is 1.15 bits per heavy atom. The van der Waals surface area contributed by atoms with Gasteiger partial charge in [0, 0.05) is 24.1 Å². The number of fused-ring (bicyclic) bond motifs is 1. The van der Waals surface area contributed by atoms with Crippen LogP contribution in [0.1, 0.15) is 46.6 Å². The van der Waals surface area contributed by atoms with Gasteiger partial charge >= 0.3 is 0 Å². The molecule has 0 spiro atoms. The first-order chi connectivity index (χ1) is 9.29. The van der Waals surface area contributed by atoms with Gasteiger partial charge in [-0.2, -0.15) is 0 Å². The molecular weight excluding hydrogens is 254 g/mol. The van der Waals surface area contributed by atoms with Gasteiger partial charge in [0.25, 0.3) is 0 Å². The predicted molar refractivity (Wildman–Crippen MR) is 79.6 cm³/mol. The Hall–Kier alpha value is -1.42. The molecule has 1 aliphatic rings. The largest absolute Gasteiger partial charge is 0.494 e. The first-order valence-corrected chi connectivity index (χ1v) is 7.21. The Kier molecular flexibility index (Phi) is 3.87. The summed E-state index contributed by atoms with van der Waals surface area (Å²) in [5, 5.41) is 0. The van der Waals surface area contributed by atoms with Crippen molar-refractivity contribution in [1.29, 1.82) is 0 Å². The Morgan fingerprint density at radius 3 is 2.40 bits per heavy atom. The molecule has 1 unspecified atom stereocenters. The molecule has 0 radical (unpaired) electrons.